The van der Waals surface area contributed by atoms with Crippen LogP contribution in [0, 0.1) is 30.9 Å². The van der Waals surface area contributed by atoms with Gasteiger partial charge in [0.15, 0.2) is 0 Å². The van der Waals surface area contributed by atoms with Crippen LogP contribution in [0.3, 0.4) is 0 Å². The Labute approximate surface area is 98.9 Å². The van der Waals surface area contributed by atoms with Crippen LogP contribution in [0.25, 0.3) is 5.82 Å². The van der Waals surface area contributed by atoms with E-state index in [1.165, 1.54) is 6.20 Å². The number of aromatic nitrogens is 2. The molecular formula is C12H13N3O2. The molecule has 0 aromatic carbocycles. The Morgan fingerprint density at radius 1 is 1.24 bits per heavy atom. The summed E-state index contributed by atoms with van der Waals surface area (Å²) in [5.41, 5.74) is 2.94. The summed E-state index contributed by atoms with van der Waals surface area (Å²) in [5.74, 6) is 0.746. The van der Waals surface area contributed by atoms with Gasteiger partial charge >= 0.3 is 0 Å². The van der Waals surface area contributed by atoms with Crippen molar-refractivity contribution in [2.45, 2.75) is 20.8 Å². The molecule has 0 amide bonds. The van der Waals surface area contributed by atoms with Crippen molar-refractivity contribution in [1.29, 1.82) is 0 Å². The van der Waals surface area contributed by atoms with Crippen LogP contribution in [-0.2, 0) is 0 Å². The van der Waals surface area contributed by atoms with E-state index in [1.54, 1.807) is 6.07 Å². The molecule has 0 bridgehead atoms. The van der Waals surface area contributed by atoms with Crippen molar-refractivity contribution in [2.24, 2.45) is 0 Å². The fraction of sp³-hybridized carbons (Fsp3) is 0.250. The van der Waals surface area contributed by atoms with Gasteiger partial charge < -0.3 is 4.57 Å². The lowest BCUT2D eigenvalue weighted by Crippen LogP contribution is -2.04. The minimum Gasteiger partial charge on any atom is -0.303 e. The summed E-state index contributed by atoms with van der Waals surface area (Å²) >= 11 is 0. The highest BCUT2D eigenvalue weighted by molar-refractivity contribution is 5.43. The molecule has 88 valence electrons. The number of pyridine rings is 1. The van der Waals surface area contributed by atoms with Crippen LogP contribution in [0.5, 0.6) is 0 Å². The first-order valence-corrected chi connectivity index (χ1v) is 5.27. The van der Waals surface area contributed by atoms with Crippen LogP contribution in [0.1, 0.15) is 17.0 Å². The minimum absolute atomic E-state index is 0.0220. The molecule has 5 nitrogen and oxygen atoms in total. The van der Waals surface area contributed by atoms with Crippen molar-refractivity contribution in [3.05, 3.63) is 51.5 Å². The van der Waals surface area contributed by atoms with Crippen LogP contribution in [-0.4, -0.2) is 14.5 Å². The maximum Gasteiger partial charge on any atom is 0.287 e. The molecule has 0 unspecified atom stereocenters. The Morgan fingerprint density at radius 2 is 1.82 bits per heavy atom. The van der Waals surface area contributed by atoms with Crippen LogP contribution < -0.4 is 0 Å². The SMILES string of the molecule is Cc1cc([N+](=O)[O-])cnc1-n1c(C)ccc1C. The largest absolute Gasteiger partial charge is 0.303 e. The standard InChI is InChI=1S/C12H13N3O2/c1-8-6-11(15(16)17)7-13-12(8)14-9(2)4-5-10(14)3/h4-7H,1-3H3. The quantitative estimate of drug-likeness (QED) is 0.589. The fourth-order valence-corrected chi connectivity index (χ4v) is 1.89. The molecular weight excluding hydrogens is 218 g/mol. The highest BCUT2D eigenvalue weighted by atomic mass is 16.6. The molecule has 0 aliphatic carbocycles. The second-order valence-electron chi connectivity index (χ2n) is 4.04. The number of rotatable bonds is 2. The molecule has 0 fully saturated rings. The van der Waals surface area contributed by atoms with Crippen molar-refractivity contribution >= 4 is 5.69 Å². The third-order valence-electron chi connectivity index (χ3n) is 2.73. The first kappa shape index (κ1) is 11.3. The Morgan fingerprint density at radius 3 is 2.29 bits per heavy atom. The smallest absolute Gasteiger partial charge is 0.287 e. The molecule has 2 rings (SSSR count). The van der Waals surface area contributed by atoms with Crippen molar-refractivity contribution in [3.63, 3.8) is 0 Å². The summed E-state index contributed by atoms with van der Waals surface area (Å²) in [6, 6.07) is 5.54. The Balaban J connectivity index is 2.58. The molecule has 0 N–H and O–H groups in total. The molecule has 0 aliphatic rings. The van der Waals surface area contributed by atoms with E-state index in [4.69, 9.17) is 0 Å². The fourth-order valence-electron chi connectivity index (χ4n) is 1.89. The molecule has 2 aromatic heterocycles. The lowest BCUT2D eigenvalue weighted by molar-refractivity contribution is -0.385. The number of aryl methyl sites for hydroxylation is 3. The van der Waals surface area contributed by atoms with Crippen molar-refractivity contribution < 1.29 is 4.92 Å². The zero-order valence-electron chi connectivity index (χ0n) is 9.97. The van der Waals surface area contributed by atoms with Crippen LogP contribution in [0.2, 0.25) is 0 Å². The van der Waals surface area contributed by atoms with Gasteiger partial charge in [0, 0.05) is 17.5 Å². The van der Waals surface area contributed by atoms with Crippen molar-refractivity contribution in [1.82, 2.24) is 9.55 Å². The molecule has 0 atom stereocenters. The molecule has 0 radical (unpaired) electrons. The summed E-state index contributed by atoms with van der Waals surface area (Å²) in [5, 5.41) is 10.6. The van der Waals surface area contributed by atoms with E-state index in [-0.39, 0.29) is 5.69 Å². The number of hydrogen-bond acceptors (Lipinski definition) is 3. The zero-order valence-corrected chi connectivity index (χ0v) is 9.97. The molecule has 2 heterocycles. The molecule has 0 saturated carbocycles. The summed E-state index contributed by atoms with van der Waals surface area (Å²) in [4.78, 5) is 14.4. The first-order valence-electron chi connectivity index (χ1n) is 5.27. The van der Waals surface area contributed by atoms with Crippen LogP contribution >= 0.6 is 0 Å². The highest BCUT2D eigenvalue weighted by Crippen LogP contribution is 2.21. The van der Waals surface area contributed by atoms with Crippen molar-refractivity contribution in [3.8, 4) is 5.82 Å². The normalized spacial score (nSPS) is 10.5. The molecule has 17 heavy (non-hydrogen) atoms. The van der Waals surface area contributed by atoms with Gasteiger partial charge in [-0.1, -0.05) is 0 Å². The van der Waals surface area contributed by atoms with Crippen molar-refractivity contribution in [2.75, 3.05) is 0 Å². The lowest BCUT2D eigenvalue weighted by atomic mass is 10.2. The third kappa shape index (κ3) is 1.91. The van der Waals surface area contributed by atoms with E-state index in [9.17, 15) is 10.1 Å². The van der Waals surface area contributed by atoms with Gasteiger partial charge in [0.1, 0.15) is 12.0 Å². The average molecular weight is 231 g/mol. The van der Waals surface area contributed by atoms with Gasteiger partial charge in [-0.25, -0.2) is 4.98 Å². The van der Waals surface area contributed by atoms with Crippen LogP contribution in [0.15, 0.2) is 24.4 Å². The van der Waals surface area contributed by atoms with E-state index < -0.39 is 4.92 Å². The Kier molecular flexibility index (Phi) is 2.67. The van der Waals surface area contributed by atoms with E-state index in [2.05, 4.69) is 4.98 Å². The average Bonchev–Trinajstić information content (AvgIpc) is 2.59. The molecule has 0 aliphatic heterocycles. The molecule has 0 spiro atoms. The zero-order chi connectivity index (χ0) is 12.6. The number of hydrogen-bond donors (Lipinski definition) is 0. The molecule has 0 saturated heterocycles. The highest BCUT2D eigenvalue weighted by Gasteiger charge is 2.12. The lowest BCUT2D eigenvalue weighted by Gasteiger charge is -2.10. The van der Waals surface area contributed by atoms with Gasteiger partial charge in [0.25, 0.3) is 5.69 Å². The minimum atomic E-state index is -0.431. The second-order valence-corrected chi connectivity index (χ2v) is 4.04. The number of nitro groups is 1. The summed E-state index contributed by atoms with van der Waals surface area (Å²) < 4.78 is 1.99. The Hall–Kier alpha value is -2.17. The van der Waals surface area contributed by atoms with Gasteiger partial charge in [-0.15, -0.1) is 0 Å². The Bertz CT molecular complexity index is 568. The van der Waals surface area contributed by atoms with Crippen LogP contribution in [0.4, 0.5) is 5.69 Å². The summed E-state index contributed by atoms with van der Waals surface area (Å²) in [6.45, 7) is 5.79. The van der Waals surface area contributed by atoms with Gasteiger partial charge in [-0.2, -0.15) is 0 Å². The summed E-state index contributed by atoms with van der Waals surface area (Å²) in [6.07, 6.45) is 1.29. The van der Waals surface area contributed by atoms with Gasteiger partial charge in [-0.05, 0) is 38.5 Å². The van der Waals surface area contributed by atoms with Gasteiger partial charge in [0.2, 0.25) is 0 Å². The third-order valence-corrected chi connectivity index (χ3v) is 2.73. The van der Waals surface area contributed by atoms with E-state index in [0.717, 1.165) is 22.8 Å². The monoisotopic (exact) mass is 231 g/mol. The predicted molar refractivity (Wildman–Crippen MR) is 64.4 cm³/mol. The first-order chi connectivity index (χ1) is 8.00. The van der Waals surface area contributed by atoms with Gasteiger partial charge in [0.05, 0.1) is 4.92 Å². The predicted octanol–water partition coefficient (Wildman–Crippen LogP) is 2.71. The van der Waals surface area contributed by atoms with Gasteiger partial charge in [-0.3, -0.25) is 10.1 Å². The maximum atomic E-state index is 10.6. The molecule has 5 heteroatoms. The van der Waals surface area contributed by atoms with E-state index >= 15 is 0 Å². The number of nitrogens with zero attached hydrogens (tertiary/aromatic N) is 3. The topological polar surface area (TPSA) is 61.0 Å². The maximum absolute atomic E-state index is 10.6. The van der Waals surface area contributed by atoms with E-state index in [1.807, 2.05) is 37.5 Å². The molecule has 2 aromatic rings. The second kappa shape index (κ2) is 4.01. The van der Waals surface area contributed by atoms with E-state index in [0.29, 0.717) is 0 Å². The summed E-state index contributed by atoms with van der Waals surface area (Å²) in [7, 11) is 0.